The Hall–Kier alpha value is -3.71. The van der Waals surface area contributed by atoms with Crippen LogP contribution in [0.5, 0.6) is 11.5 Å². The molecule has 1 aliphatic heterocycles. The standard InChI is InChI=1S/C26H24ClN3O4/c1-33-23-14-16(10-13-22(23)34-15-24(31)28-21-9-5-3-7-19(21)27)25-29-20-8-4-2-6-18(20)26(32)30(25)17-11-12-17/h2-10,13-14,17,25,29H,11-12,15H2,1H3,(H,28,31)/t25-/m1/s1. The van der Waals surface area contributed by atoms with Crippen LogP contribution >= 0.6 is 11.6 Å². The van der Waals surface area contributed by atoms with Gasteiger partial charge in [0.1, 0.15) is 6.17 Å². The van der Waals surface area contributed by atoms with E-state index < -0.39 is 0 Å². The summed E-state index contributed by atoms with van der Waals surface area (Å²) in [6.07, 6.45) is 1.66. The molecular formula is C26H24ClN3O4. The van der Waals surface area contributed by atoms with Crippen LogP contribution in [0, 0.1) is 0 Å². The molecule has 3 aromatic rings. The number of amides is 2. The fraction of sp³-hybridized carbons (Fsp3) is 0.231. The van der Waals surface area contributed by atoms with Gasteiger partial charge < -0.3 is 25.0 Å². The number of rotatable bonds is 7. The van der Waals surface area contributed by atoms with Gasteiger partial charge in [0.2, 0.25) is 0 Å². The number of nitrogens with zero attached hydrogens (tertiary/aromatic N) is 1. The lowest BCUT2D eigenvalue weighted by atomic mass is 10.0. The molecule has 0 radical (unpaired) electrons. The normalized spacial score (nSPS) is 16.9. The zero-order valence-corrected chi connectivity index (χ0v) is 19.3. The van der Waals surface area contributed by atoms with Gasteiger partial charge in [0.05, 0.1) is 23.4 Å². The zero-order valence-electron chi connectivity index (χ0n) is 18.6. The lowest BCUT2D eigenvalue weighted by molar-refractivity contribution is -0.118. The number of methoxy groups -OCH3 is 1. The molecule has 0 saturated heterocycles. The number of para-hydroxylation sites is 2. The number of ether oxygens (including phenoxy) is 2. The third-order valence-corrected chi connectivity index (χ3v) is 6.24. The number of carbonyl (C=O) groups excluding carboxylic acids is 2. The van der Waals surface area contributed by atoms with Crippen molar-refractivity contribution in [3.63, 3.8) is 0 Å². The molecule has 5 rings (SSSR count). The molecule has 1 fully saturated rings. The van der Waals surface area contributed by atoms with Gasteiger partial charge in [0, 0.05) is 11.7 Å². The van der Waals surface area contributed by atoms with Gasteiger partial charge in [-0.15, -0.1) is 0 Å². The van der Waals surface area contributed by atoms with Gasteiger partial charge in [-0.25, -0.2) is 0 Å². The number of benzene rings is 3. The highest BCUT2D eigenvalue weighted by Gasteiger charge is 2.42. The number of anilines is 2. The third-order valence-electron chi connectivity index (χ3n) is 5.91. The van der Waals surface area contributed by atoms with Crippen LogP contribution in [0.25, 0.3) is 0 Å². The first-order valence-corrected chi connectivity index (χ1v) is 11.5. The van der Waals surface area contributed by atoms with Gasteiger partial charge in [-0.3, -0.25) is 9.59 Å². The molecule has 3 aromatic carbocycles. The van der Waals surface area contributed by atoms with E-state index in [1.807, 2.05) is 41.3 Å². The first-order chi connectivity index (χ1) is 16.5. The van der Waals surface area contributed by atoms with E-state index in [1.165, 1.54) is 0 Å². The summed E-state index contributed by atoms with van der Waals surface area (Å²) in [6.45, 7) is -0.206. The minimum Gasteiger partial charge on any atom is -0.493 e. The number of nitrogens with one attached hydrogen (secondary N) is 2. The molecule has 1 atom stereocenters. The lowest BCUT2D eigenvalue weighted by Gasteiger charge is -2.38. The van der Waals surface area contributed by atoms with E-state index in [9.17, 15) is 9.59 Å². The van der Waals surface area contributed by atoms with Crippen molar-refractivity contribution < 1.29 is 19.1 Å². The van der Waals surface area contributed by atoms with E-state index in [-0.39, 0.29) is 30.6 Å². The van der Waals surface area contributed by atoms with Gasteiger partial charge in [-0.05, 0) is 54.8 Å². The van der Waals surface area contributed by atoms with Crippen molar-refractivity contribution in [1.29, 1.82) is 0 Å². The first kappa shape index (κ1) is 22.1. The average Bonchev–Trinajstić information content (AvgIpc) is 3.69. The molecule has 0 unspecified atom stereocenters. The SMILES string of the molecule is COc1cc([C@@H]2Nc3ccccc3C(=O)N2C2CC2)ccc1OCC(=O)Nc1ccccc1Cl. The van der Waals surface area contributed by atoms with E-state index in [2.05, 4.69) is 10.6 Å². The third kappa shape index (κ3) is 4.39. The molecule has 8 heteroatoms. The predicted octanol–water partition coefficient (Wildman–Crippen LogP) is 5.10. The van der Waals surface area contributed by atoms with Crippen LogP contribution in [0.15, 0.2) is 66.7 Å². The van der Waals surface area contributed by atoms with Crippen LogP contribution in [-0.4, -0.2) is 36.5 Å². The van der Waals surface area contributed by atoms with Crippen LogP contribution in [0.4, 0.5) is 11.4 Å². The van der Waals surface area contributed by atoms with Crippen LogP contribution in [0.1, 0.15) is 34.9 Å². The molecule has 1 heterocycles. The number of hydrogen-bond acceptors (Lipinski definition) is 5. The number of fused-ring (bicyclic) bond motifs is 1. The van der Waals surface area contributed by atoms with Crippen molar-refractivity contribution in [1.82, 2.24) is 4.90 Å². The minimum atomic E-state index is -0.338. The van der Waals surface area contributed by atoms with Crippen molar-refractivity contribution in [2.75, 3.05) is 24.4 Å². The summed E-state index contributed by atoms with van der Waals surface area (Å²) < 4.78 is 11.3. The Balaban J connectivity index is 1.34. The summed E-state index contributed by atoms with van der Waals surface area (Å²) in [5, 5.41) is 6.68. The second-order valence-corrected chi connectivity index (χ2v) is 8.67. The predicted molar refractivity (Wildman–Crippen MR) is 131 cm³/mol. The molecule has 174 valence electrons. The van der Waals surface area contributed by atoms with Crippen LogP contribution in [-0.2, 0) is 4.79 Å². The molecule has 34 heavy (non-hydrogen) atoms. The van der Waals surface area contributed by atoms with Gasteiger partial charge in [0.25, 0.3) is 11.8 Å². The summed E-state index contributed by atoms with van der Waals surface area (Å²) >= 11 is 6.10. The molecule has 0 aromatic heterocycles. The summed E-state index contributed by atoms with van der Waals surface area (Å²) in [4.78, 5) is 27.5. The molecule has 7 nitrogen and oxygen atoms in total. The quantitative estimate of drug-likeness (QED) is 0.495. The Labute approximate surface area is 202 Å². The Bertz CT molecular complexity index is 1240. The van der Waals surface area contributed by atoms with Crippen LogP contribution in [0.2, 0.25) is 5.02 Å². The summed E-state index contributed by atoms with van der Waals surface area (Å²) in [6, 6.07) is 20.3. The van der Waals surface area contributed by atoms with E-state index in [1.54, 1.807) is 37.4 Å². The van der Waals surface area contributed by atoms with E-state index in [0.717, 1.165) is 24.1 Å². The number of carbonyl (C=O) groups is 2. The molecule has 0 spiro atoms. The second kappa shape index (κ2) is 9.27. The largest absolute Gasteiger partial charge is 0.493 e. The maximum atomic E-state index is 13.2. The Kier molecular flexibility index (Phi) is 6.02. The van der Waals surface area contributed by atoms with E-state index in [4.69, 9.17) is 21.1 Å². The minimum absolute atomic E-state index is 0.0254. The maximum absolute atomic E-state index is 13.2. The fourth-order valence-electron chi connectivity index (χ4n) is 4.11. The summed E-state index contributed by atoms with van der Waals surface area (Å²) in [7, 11) is 1.54. The molecule has 2 aliphatic rings. The fourth-order valence-corrected chi connectivity index (χ4v) is 4.29. The Morgan fingerprint density at radius 3 is 2.62 bits per heavy atom. The monoisotopic (exact) mass is 477 g/mol. The average molecular weight is 478 g/mol. The molecular weight excluding hydrogens is 454 g/mol. The molecule has 2 N–H and O–H groups in total. The Morgan fingerprint density at radius 2 is 1.85 bits per heavy atom. The second-order valence-electron chi connectivity index (χ2n) is 8.26. The number of hydrogen-bond donors (Lipinski definition) is 2. The zero-order chi connectivity index (χ0) is 23.7. The summed E-state index contributed by atoms with van der Waals surface area (Å²) in [5.74, 6) is 0.598. The number of halogens is 1. The molecule has 1 aliphatic carbocycles. The van der Waals surface area contributed by atoms with Gasteiger partial charge >= 0.3 is 0 Å². The Morgan fingerprint density at radius 1 is 1.09 bits per heavy atom. The first-order valence-electron chi connectivity index (χ1n) is 11.1. The van der Waals surface area contributed by atoms with E-state index >= 15 is 0 Å². The molecule has 1 saturated carbocycles. The summed E-state index contributed by atoms with van der Waals surface area (Å²) in [5.41, 5.74) is 2.89. The van der Waals surface area contributed by atoms with Crippen molar-refractivity contribution in [3.8, 4) is 11.5 Å². The van der Waals surface area contributed by atoms with E-state index in [0.29, 0.717) is 27.8 Å². The maximum Gasteiger partial charge on any atom is 0.262 e. The van der Waals surface area contributed by atoms with Crippen LogP contribution in [0.3, 0.4) is 0 Å². The topological polar surface area (TPSA) is 79.9 Å². The highest BCUT2D eigenvalue weighted by Crippen LogP contribution is 2.42. The van der Waals surface area contributed by atoms with Crippen molar-refractivity contribution in [2.45, 2.75) is 25.0 Å². The molecule has 0 bridgehead atoms. The van der Waals surface area contributed by atoms with Gasteiger partial charge in [0.15, 0.2) is 18.1 Å². The van der Waals surface area contributed by atoms with Crippen molar-refractivity contribution in [2.24, 2.45) is 0 Å². The highest BCUT2D eigenvalue weighted by atomic mass is 35.5. The smallest absolute Gasteiger partial charge is 0.262 e. The lowest BCUT2D eigenvalue weighted by Crippen LogP contribution is -2.44. The van der Waals surface area contributed by atoms with Gasteiger partial charge in [-0.1, -0.05) is 41.9 Å². The molecule has 2 amide bonds. The van der Waals surface area contributed by atoms with Crippen molar-refractivity contribution >= 4 is 34.8 Å². The highest BCUT2D eigenvalue weighted by molar-refractivity contribution is 6.33. The van der Waals surface area contributed by atoms with Crippen molar-refractivity contribution in [3.05, 3.63) is 82.9 Å². The van der Waals surface area contributed by atoms with Crippen LogP contribution < -0.4 is 20.1 Å². The van der Waals surface area contributed by atoms with Gasteiger partial charge in [-0.2, -0.15) is 0 Å².